The minimum absolute atomic E-state index is 0.0466. The summed E-state index contributed by atoms with van der Waals surface area (Å²) >= 11 is 1.62. The maximum Gasteiger partial charge on any atom is 0.238 e. The third-order valence-electron chi connectivity index (χ3n) is 3.51. The van der Waals surface area contributed by atoms with Crippen LogP contribution in [-0.4, -0.2) is 18.3 Å². The summed E-state index contributed by atoms with van der Waals surface area (Å²) in [6.45, 7) is 2.51. The number of nitrogens with two attached hydrogens (primary N) is 1. The third kappa shape index (κ3) is 2.76. The molecule has 2 aromatic rings. The summed E-state index contributed by atoms with van der Waals surface area (Å²) < 4.78 is 5.68. The van der Waals surface area contributed by atoms with Crippen LogP contribution in [0, 0.1) is 0 Å². The van der Waals surface area contributed by atoms with E-state index in [4.69, 9.17) is 10.5 Å². The Morgan fingerprint density at radius 2 is 1.95 bits per heavy atom. The van der Waals surface area contributed by atoms with Crippen molar-refractivity contribution in [3.8, 4) is 5.75 Å². The largest absolute Gasteiger partial charge is 0.492 e. The maximum atomic E-state index is 12.4. The van der Waals surface area contributed by atoms with Gasteiger partial charge in [-0.25, -0.2) is 0 Å². The highest BCUT2D eigenvalue weighted by molar-refractivity contribution is 8.00. The smallest absolute Gasteiger partial charge is 0.238 e. The predicted octanol–water partition coefficient (Wildman–Crippen LogP) is 3.45. The second kappa shape index (κ2) is 6.32. The van der Waals surface area contributed by atoms with Crippen LogP contribution in [0.4, 0.5) is 11.4 Å². The topological polar surface area (TPSA) is 55.6 Å². The van der Waals surface area contributed by atoms with Crippen molar-refractivity contribution in [1.29, 1.82) is 0 Å². The van der Waals surface area contributed by atoms with Crippen molar-refractivity contribution in [1.82, 2.24) is 0 Å². The van der Waals surface area contributed by atoms with Gasteiger partial charge in [0.15, 0.2) is 0 Å². The number of carbonyl (C=O) groups excluding carboxylic acids is 1. The summed E-state index contributed by atoms with van der Waals surface area (Å²) in [5.74, 6) is 1.30. The van der Waals surface area contributed by atoms with Crippen molar-refractivity contribution in [3.05, 3.63) is 54.1 Å². The van der Waals surface area contributed by atoms with Gasteiger partial charge in [-0.05, 0) is 36.8 Å². The van der Waals surface area contributed by atoms with Crippen molar-refractivity contribution in [2.75, 3.05) is 23.0 Å². The van der Waals surface area contributed by atoms with Gasteiger partial charge in [0.1, 0.15) is 11.1 Å². The Morgan fingerprint density at radius 1 is 1.23 bits per heavy atom. The van der Waals surface area contributed by atoms with Crippen LogP contribution in [0.5, 0.6) is 5.75 Å². The van der Waals surface area contributed by atoms with Crippen molar-refractivity contribution >= 4 is 29.0 Å². The van der Waals surface area contributed by atoms with Crippen molar-refractivity contribution in [3.63, 3.8) is 0 Å². The molecule has 1 saturated heterocycles. The number of hydrogen-bond donors (Lipinski definition) is 1. The van der Waals surface area contributed by atoms with Gasteiger partial charge in [-0.3, -0.25) is 9.69 Å². The summed E-state index contributed by atoms with van der Waals surface area (Å²) in [5, 5.41) is -0.0466. The molecule has 2 N–H and O–H groups in total. The van der Waals surface area contributed by atoms with Gasteiger partial charge in [0, 0.05) is 5.69 Å². The first-order valence-electron chi connectivity index (χ1n) is 7.21. The Kier molecular flexibility index (Phi) is 4.24. The zero-order valence-electron chi connectivity index (χ0n) is 12.4. The van der Waals surface area contributed by atoms with Gasteiger partial charge in [0.2, 0.25) is 5.91 Å². The van der Waals surface area contributed by atoms with Gasteiger partial charge in [-0.1, -0.05) is 24.3 Å². The van der Waals surface area contributed by atoms with E-state index >= 15 is 0 Å². The Bertz CT molecular complexity index is 673. The van der Waals surface area contributed by atoms with Crippen molar-refractivity contribution in [2.45, 2.75) is 12.3 Å². The molecule has 4 nitrogen and oxygen atoms in total. The molecule has 0 bridgehead atoms. The van der Waals surface area contributed by atoms with Crippen LogP contribution in [-0.2, 0) is 4.79 Å². The Hall–Kier alpha value is -2.14. The number of rotatable bonds is 4. The molecule has 1 heterocycles. The number of nitrogens with zero attached hydrogens (tertiary/aromatic N) is 1. The van der Waals surface area contributed by atoms with Crippen LogP contribution < -0.4 is 15.4 Å². The fourth-order valence-corrected chi connectivity index (χ4v) is 3.69. The van der Waals surface area contributed by atoms with E-state index in [9.17, 15) is 4.79 Å². The fourth-order valence-electron chi connectivity index (χ4n) is 2.53. The molecule has 0 saturated carbocycles. The molecule has 0 aromatic heterocycles. The lowest BCUT2D eigenvalue weighted by molar-refractivity contribution is -0.115. The third-order valence-corrected chi connectivity index (χ3v) is 4.73. The molecular weight excluding hydrogens is 296 g/mol. The average molecular weight is 314 g/mol. The molecule has 0 radical (unpaired) electrons. The van der Waals surface area contributed by atoms with Gasteiger partial charge in [-0.15, -0.1) is 11.8 Å². The van der Waals surface area contributed by atoms with E-state index in [0.717, 1.165) is 22.7 Å². The lowest BCUT2D eigenvalue weighted by atomic mass is 10.1. The zero-order valence-corrected chi connectivity index (χ0v) is 13.2. The fraction of sp³-hybridized carbons (Fsp3) is 0.235. The second-order valence-corrected chi connectivity index (χ2v) is 6.06. The minimum Gasteiger partial charge on any atom is -0.492 e. The molecule has 1 aliphatic rings. The average Bonchev–Trinajstić information content (AvgIpc) is 2.91. The Morgan fingerprint density at radius 3 is 2.68 bits per heavy atom. The van der Waals surface area contributed by atoms with Crippen LogP contribution in [0.1, 0.15) is 17.9 Å². The van der Waals surface area contributed by atoms with Gasteiger partial charge in [0.25, 0.3) is 0 Å². The molecule has 22 heavy (non-hydrogen) atoms. The van der Waals surface area contributed by atoms with Crippen LogP contribution in [0.15, 0.2) is 48.5 Å². The summed E-state index contributed by atoms with van der Waals surface area (Å²) in [7, 11) is 0. The molecule has 1 aliphatic heterocycles. The zero-order chi connectivity index (χ0) is 15.5. The van der Waals surface area contributed by atoms with Crippen LogP contribution >= 0.6 is 11.8 Å². The summed E-state index contributed by atoms with van der Waals surface area (Å²) in [5.41, 5.74) is 8.36. The molecule has 2 aromatic carbocycles. The van der Waals surface area contributed by atoms with E-state index in [1.165, 1.54) is 0 Å². The highest BCUT2D eigenvalue weighted by Gasteiger charge is 2.35. The standard InChI is InChI=1S/C17H18N2O2S/c1-2-21-15-6-4-3-5-14(15)19-16(20)11-22-17(19)12-7-9-13(18)10-8-12/h3-10,17H,2,11,18H2,1H3/t17-/m1/s1. The first-order valence-corrected chi connectivity index (χ1v) is 8.26. The lowest BCUT2D eigenvalue weighted by Crippen LogP contribution is -2.28. The summed E-state index contributed by atoms with van der Waals surface area (Å²) in [6, 6.07) is 15.4. The van der Waals surface area contributed by atoms with Gasteiger partial charge in [0.05, 0.1) is 18.0 Å². The molecule has 0 aliphatic carbocycles. The second-order valence-electron chi connectivity index (χ2n) is 4.99. The number of nitrogen functional groups attached to an aromatic ring is 1. The van der Waals surface area contributed by atoms with E-state index < -0.39 is 0 Å². The lowest BCUT2D eigenvalue weighted by Gasteiger charge is -2.26. The molecule has 1 atom stereocenters. The number of carbonyl (C=O) groups is 1. The number of thioether (sulfide) groups is 1. The molecular formula is C17H18N2O2S. The van der Waals surface area contributed by atoms with E-state index in [2.05, 4.69) is 0 Å². The van der Waals surface area contributed by atoms with Gasteiger partial charge < -0.3 is 10.5 Å². The number of benzene rings is 2. The summed E-state index contributed by atoms with van der Waals surface area (Å²) in [4.78, 5) is 14.2. The number of ether oxygens (including phenoxy) is 1. The number of para-hydroxylation sites is 2. The molecule has 114 valence electrons. The van der Waals surface area contributed by atoms with Crippen molar-refractivity contribution in [2.24, 2.45) is 0 Å². The predicted molar refractivity (Wildman–Crippen MR) is 91.2 cm³/mol. The van der Waals surface area contributed by atoms with Crippen LogP contribution in [0.3, 0.4) is 0 Å². The summed E-state index contributed by atoms with van der Waals surface area (Å²) in [6.07, 6.45) is 0. The minimum atomic E-state index is -0.0466. The SMILES string of the molecule is CCOc1ccccc1N1C(=O)CS[C@@H]1c1ccc(N)cc1. The first kappa shape index (κ1) is 14.8. The molecule has 1 fully saturated rings. The van der Waals surface area contributed by atoms with Gasteiger partial charge in [-0.2, -0.15) is 0 Å². The normalized spacial score (nSPS) is 17.8. The van der Waals surface area contributed by atoms with E-state index in [-0.39, 0.29) is 11.3 Å². The Labute approximate surface area is 134 Å². The van der Waals surface area contributed by atoms with E-state index in [0.29, 0.717) is 12.4 Å². The van der Waals surface area contributed by atoms with Crippen molar-refractivity contribution < 1.29 is 9.53 Å². The molecule has 0 spiro atoms. The van der Waals surface area contributed by atoms with Gasteiger partial charge >= 0.3 is 0 Å². The highest BCUT2D eigenvalue weighted by Crippen LogP contribution is 2.44. The van der Waals surface area contributed by atoms with Crippen LogP contribution in [0.2, 0.25) is 0 Å². The first-order chi connectivity index (χ1) is 10.7. The molecule has 5 heteroatoms. The molecule has 0 unspecified atom stereocenters. The van der Waals surface area contributed by atoms with E-state index in [1.807, 2.05) is 60.4 Å². The highest BCUT2D eigenvalue weighted by atomic mass is 32.2. The van der Waals surface area contributed by atoms with E-state index in [1.54, 1.807) is 11.8 Å². The monoisotopic (exact) mass is 314 g/mol. The molecule has 3 rings (SSSR count). The van der Waals surface area contributed by atoms with Crippen LogP contribution in [0.25, 0.3) is 0 Å². The maximum absolute atomic E-state index is 12.4. The number of anilines is 2. The quantitative estimate of drug-likeness (QED) is 0.878. The number of hydrogen-bond acceptors (Lipinski definition) is 4. The molecule has 1 amide bonds. The number of amides is 1. The Balaban J connectivity index is 1.99.